The summed E-state index contributed by atoms with van der Waals surface area (Å²) < 4.78 is 19.8. The Hall–Kier alpha value is 1.47. The third kappa shape index (κ3) is 21.3. The van der Waals surface area contributed by atoms with Crippen LogP contribution in [0.1, 0.15) is 51.4 Å². The van der Waals surface area contributed by atoms with Crippen molar-refractivity contribution in [2.45, 2.75) is 51.4 Å². The van der Waals surface area contributed by atoms with Crippen LogP contribution < -0.4 is 48.3 Å². The minimum atomic E-state index is -1.95. The fraction of sp³-hybridized carbons (Fsp3) is 0.600. The van der Waals surface area contributed by atoms with E-state index in [1.165, 1.54) is 51.4 Å². The van der Waals surface area contributed by atoms with Gasteiger partial charge in [0.2, 0.25) is 0 Å². The number of benzene rings is 2. The van der Waals surface area contributed by atoms with Gasteiger partial charge in [-0.3, -0.25) is 0 Å². The van der Waals surface area contributed by atoms with Gasteiger partial charge in [-0.2, -0.15) is 0 Å². The second-order valence-corrected chi connectivity index (χ2v) is 23.2. The Labute approximate surface area is 300 Å². The zero-order chi connectivity index (χ0) is 28.8. The minimum Gasteiger partial charge on any atom is -0.742 e. The zero-order valence-corrected chi connectivity index (χ0v) is 30.7. The second-order valence-electron chi connectivity index (χ2n) is 9.74. The van der Waals surface area contributed by atoms with Gasteiger partial charge in [-0.15, -0.1) is 34.1 Å². The number of hydrogen-bond donors (Lipinski definition) is 0. The van der Waals surface area contributed by atoms with E-state index < -0.39 is 10.5 Å². The Kier molecular flexibility index (Phi) is 28.5. The van der Waals surface area contributed by atoms with Crippen LogP contribution >= 0.6 is 10.5 Å². The monoisotopic (exact) mass is 674 g/mol. The Morgan fingerprint density at radius 2 is 0.667 bits per heavy atom. The second kappa shape index (κ2) is 27.6. The van der Waals surface area contributed by atoms with Crippen molar-refractivity contribution in [3.63, 3.8) is 0 Å². The smallest absolute Gasteiger partial charge is 0.742 e. The summed E-state index contributed by atoms with van der Waals surface area (Å²) in [5.74, 6) is 0. The standard InChI is InChI=1S/C14H16P2S4.4C4H8O.2Li/c17-15(18,13-7-3-1-4-8-13)11-12-16(19,20)14-9-5-2-6-10-14;4*1-2-4-5-3-1;;/h1-10H,11-12H2,(H,17,18)(H,19,20);4*1-4H2;;/q;;;;;2*+1/p-2. The van der Waals surface area contributed by atoms with Crippen LogP contribution in [0, 0.1) is 0 Å². The minimum absolute atomic E-state index is 0. The molecule has 0 N–H and O–H groups in total. The van der Waals surface area contributed by atoms with Crippen LogP contribution in [0.4, 0.5) is 0 Å². The maximum absolute atomic E-state index is 5.68. The maximum atomic E-state index is 5.68. The third-order valence-corrected chi connectivity index (χ3v) is 15.2. The van der Waals surface area contributed by atoms with Crippen molar-refractivity contribution in [2.24, 2.45) is 0 Å². The Bertz CT molecular complexity index is 848. The van der Waals surface area contributed by atoms with Crippen LogP contribution in [0.5, 0.6) is 0 Å². The zero-order valence-electron chi connectivity index (χ0n) is 25.7. The summed E-state index contributed by atoms with van der Waals surface area (Å²) in [5.41, 5.74) is 0. The summed E-state index contributed by atoms with van der Waals surface area (Å²) in [6.07, 6.45) is 11.8. The Morgan fingerprint density at radius 1 is 0.452 bits per heavy atom. The van der Waals surface area contributed by atoms with Crippen molar-refractivity contribution < 1.29 is 56.7 Å². The van der Waals surface area contributed by atoms with Gasteiger partial charge in [0, 0.05) is 52.9 Å². The van der Waals surface area contributed by atoms with Crippen molar-refractivity contribution in [2.75, 3.05) is 65.2 Å². The van der Waals surface area contributed by atoms with Crippen LogP contribution in [0.3, 0.4) is 0 Å². The molecule has 4 aliphatic rings. The predicted molar refractivity (Wildman–Crippen MR) is 185 cm³/mol. The topological polar surface area (TPSA) is 36.9 Å². The van der Waals surface area contributed by atoms with Crippen LogP contribution in [-0.4, -0.2) is 65.2 Å². The van der Waals surface area contributed by atoms with Gasteiger partial charge in [0.15, 0.2) is 0 Å². The fourth-order valence-electron chi connectivity index (χ4n) is 3.87. The predicted octanol–water partition coefficient (Wildman–Crippen LogP) is 0.715. The summed E-state index contributed by atoms with van der Waals surface area (Å²) in [4.78, 5) is 0. The van der Waals surface area contributed by atoms with Gasteiger partial charge in [-0.05, 0) is 74.3 Å². The molecule has 6 rings (SSSR count). The van der Waals surface area contributed by atoms with E-state index in [1.54, 1.807) is 0 Å². The molecule has 42 heavy (non-hydrogen) atoms. The van der Waals surface area contributed by atoms with Crippen LogP contribution in [0.2, 0.25) is 0 Å². The Morgan fingerprint density at radius 3 is 0.833 bits per heavy atom. The summed E-state index contributed by atoms with van der Waals surface area (Å²) >= 11 is 22.7. The van der Waals surface area contributed by atoms with Gasteiger partial charge >= 0.3 is 37.7 Å². The summed E-state index contributed by atoms with van der Waals surface area (Å²) in [5, 5.41) is -1.70. The van der Waals surface area contributed by atoms with E-state index in [4.69, 9.17) is 67.1 Å². The summed E-state index contributed by atoms with van der Waals surface area (Å²) in [6, 6.07) is 20.0. The van der Waals surface area contributed by atoms with Crippen molar-refractivity contribution in [3.05, 3.63) is 60.7 Å². The first-order valence-electron chi connectivity index (χ1n) is 14.4. The van der Waals surface area contributed by atoms with Crippen molar-refractivity contribution in [1.29, 1.82) is 0 Å². The molecule has 2 aromatic rings. The third-order valence-electron chi connectivity index (χ3n) is 6.30. The fourth-order valence-corrected chi connectivity index (χ4v) is 12.1. The molecule has 4 aliphatic heterocycles. The molecule has 0 aliphatic carbocycles. The normalized spacial score (nSPS) is 19.6. The molecule has 2 aromatic carbocycles. The van der Waals surface area contributed by atoms with E-state index in [-0.39, 0.29) is 37.7 Å². The molecule has 4 nitrogen and oxygen atoms in total. The number of ether oxygens (including phenoxy) is 4. The number of hydrogen-bond acceptors (Lipinski definition) is 8. The van der Waals surface area contributed by atoms with Gasteiger partial charge in [-0.25, -0.2) is 0 Å². The largest absolute Gasteiger partial charge is 1.00 e. The van der Waals surface area contributed by atoms with Crippen molar-refractivity contribution >= 4 is 69.2 Å². The molecule has 2 unspecified atom stereocenters. The SMILES string of the molecule is C1CCOC1.C1CCOC1.C1CCOC1.C1CCOC1.S=P([S-])(CCP(=S)([S-])c1ccccc1)c1ccccc1.[Li+].[Li+]. The first-order valence-corrected chi connectivity index (χ1v) is 22.4. The van der Waals surface area contributed by atoms with Crippen LogP contribution in [-0.2, 0) is 67.1 Å². The van der Waals surface area contributed by atoms with Crippen molar-refractivity contribution in [3.8, 4) is 0 Å². The van der Waals surface area contributed by atoms with E-state index in [0.29, 0.717) is 0 Å². The van der Waals surface area contributed by atoms with Gasteiger partial charge in [0.05, 0.1) is 0 Å². The van der Waals surface area contributed by atoms with Gasteiger partial charge in [0.1, 0.15) is 0 Å². The first kappa shape index (κ1) is 43.5. The average molecular weight is 675 g/mol. The first-order chi connectivity index (χ1) is 19.4. The van der Waals surface area contributed by atoms with E-state index >= 15 is 0 Å². The molecule has 4 saturated heterocycles. The van der Waals surface area contributed by atoms with Gasteiger partial charge in [0.25, 0.3) is 0 Å². The van der Waals surface area contributed by atoms with E-state index in [1.807, 2.05) is 60.7 Å². The van der Waals surface area contributed by atoms with Gasteiger partial charge in [-0.1, -0.05) is 60.7 Å². The van der Waals surface area contributed by atoms with E-state index in [9.17, 15) is 0 Å². The maximum Gasteiger partial charge on any atom is 1.00 e. The molecule has 12 heteroatoms. The molecule has 4 heterocycles. The average Bonchev–Trinajstić information content (AvgIpc) is 3.84. The molecule has 0 bridgehead atoms. The molecule has 4 fully saturated rings. The quantitative estimate of drug-likeness (QED) is 0.261. The van der Waals surface area contributed by atoms with Gasteiger partial charge < -0.3 is 43.4 Å². The molecule has 0 amide bonds. The molecule has 226 valence electrons. The molecule has 0 spiro atoms. The van der Waals surface area contributed by atoms with E-state index in [0.717, 1.165) is 75.8 Å². The molecule has 0 saturated carbocycles. The molecular weight excluding hydrogens is 628 g/mol. The van der Waals surface area contributed by atoms with Crippen molar-refractivity contribution in [1.82, 2.24) is 0 Å². The van der Waals surface area contributed by atoms with Crippen LogP contribution in [0.25, 0.3) is 0 Å². The summed E-state index contributed by atoms with van der Waals surface area (Å²) in [7, 11) is 0. The van der Waals surface area contributed by atoms with Crippen LogP contribution in [0.15, 0.2) is 60.7 Å². The Balaban J connectivity index is 0.000000613. The van der Waals surface area contributed by atoms with E-state index in [2.05, 4.69) is 0 Å². The molecule has 0 aromatic heterocycles. The summed E-state index contributed by atoms with van der Waals surface area (Å²) in [6.45, 7) is 8.00. The molecule has 0 radical (unpaired) electrons. The number of rotatable bonds is 5. The molecule has 2 atom stereocenters. The molecular formula is C30H46Li2O4P2S4.